The van der Waals surface area contributed by atoms with Gasteiger partial charge >= 0.3 is 0 Å². The topological polar surface area (TPSA) is 19.4 Å². The number of rotatable bonds is 6. The van der Waals surface area contributed by atoms with Gasteiger partial charge in [0, 0.05) is 42.6 Å². The summed E-state index contributed by atoms with van der Waals surface area (Å²) in [6.07, 6.45) is 5.26. The zero-order chi connectivity index (χ0) is 17.9. The van der Waals surface area contributed by atoms with Crippen molar-refractivity contribution in [1.82, 2.24) is 4.98 Å². The van der Waals surface area contributed by atoms with Crippen molar-refractivity contribution < 1.29 is 0 Å². The first kappa shape index (κ1) is 17.7. The third-order valence-electron chi connectivity index (χ3n) is 5.66. The predicted molar refractivity (Wildman–Crippen MR) is 110 cm³/mol. The Morgan fingerprint density at radius 1 is 0.962 bits per heavy atom. The van der Waals surface area contributed by atoms with E-state index >= 15 is 0 Å². The molecule has 0 unspecified atom stereocenters. The molecule has 0 N–H and O–H groups in total. The van der Waals surface area contributed by atoms with Crippen molar-refractivity contribution in [1.29, 1.82) is 0 Å². The van der Waals surface area contributed by atoms with Crippen LogP contribution in [0.3, 0.4) is 0 Å². The van der Waals surface area contributed by atoms with Crippen LogP contribution in [0.2, 0.25) is 5.02 Å². The van der Waals surface area contributed by atoms with E-state index in [0.717, 1.165) is 48.0 Å². The van der Waals surface area contributed by atoms with Crippen molar-refractivity contribution in [2.45, 2.75) is 32.6 Å². The highest BCUT2D eigenvalue weighted by molar-refractivity contribution is 6.30. The molecule has 26 heavy (non-hydrogen) atoms. The van der Waals surface area contributed by atoms with Crippen LogP contribution >= 0.6 is 11.6 Å². The van der Waals surface area contributed by atoms with Gasteiger partial charge in [-0.25, -0.2) is 4.98 Å². The maximum Gasteiger partial charge on any atom is 0.128 e. The lowest BCUT2D eigenvalue weighted by Crippen LogP contribution is -2.39. The van der Waals surface area contributed by atoms with E-state index in [1.54, 1.807) is 0 Å². The van der Waals surface area contributed by atoms with Crippen molar-refractivity contribution in [2.24, 2.45) is 11.8 Å². The number of pyridine rings is 1. The quantitative estimate of drug-likeness (QED) is 0.699. The van der Waals surface area contributed by atoms with Gasteiger partial charge in [-0.2, -0.15) is 0 Å². The van der Waals surface area contributed by atoms with Crippen LogP contribution in [-0.2, 0) is 0 Å². The summed E-state index contributed by atoms with van der Waals surface area (Å²) in [5.74, 6) is 2.78. The average Bonchev–Trinajstić information content (AvgIpc) is 3.47. The molecule has 4 rings (SSSR count). The lowest BCUT2D eigenvalue weighted by molar-refractivity contribution is 0.400. The minimum atomic E-state index is 0.755. The van der Waals surface area contributed by atoms with Gasteiger partial charge in [-0.1, -0.05) is 17.7 Å². The molecule has 1 aromatic carbocycles. The second-order valence-electron chi connectivity index (χ2n) is 7.89. The molecule has 2 heterocycles. The second-order valence-corrected chi connectivity index (χ2v) is 8.33. The maximum atomic E-state index is 6.08. The molecule has 2 aromatic rings. The summed E-state index contributed by atoms with van der Waals surface area (Å²) < 4.78 is 0. The molecule has 0 radical (unpaired) electrons. The number of aromatic nitrogens is 1. The Bertz CT molecular complexity index is 718. The van der Waals surface area contributed by atoms with E-state index in [-0.39, 0.29) is 0 Å². The van der Waals surface area contributed by atoms with Gasteiger partial charge in [0.2, 0.25) is 0 Å². The van der Waals surface area contributed by atoms with Crippen molar-refractivity contribution in [3.05, 3.63) is 53.2 Å². The molecule has 0 bridgehead atoms. The van der Waals surface area contributed by atoms with Gasteiger partial charge in [-0.05, 0) is 80.8 Å². The molecule has 1 saturated heterocycles. The van der Waals surface area contributed by atoms with E-state index in [1.165, 1.54) is 37.9 Å². The number of hydrogen-bond acceptors (Lipinski definition) is 3. The number of anilines is 2. The second kappa shape index (κ2) is 7.87. The molecule has 1 aromatic heterocycles. The van der Waals surface area contributed by atoms with Crippen molar-refractivity contribution in [3.63, 3.8) is 0 Å². The molecule has 4 heteroatoms. The Balaban J connectivity index is 1.37. The molecule has 0 spiro atoms. The normalized spacial score (nSPS) is 18.2. The van der Waals surface area contributed by atoms with Gasteiger partial charge < -0.3 is 9.80 Å². The summed E-state index contributed by atoms with van der Waals surface area (Å²) >= 11 is 6.08. The van der Waals surface area contributed by atoms with Gasteiger partial charge in [0.05, 0.1) is 0 Å². The highest BCUT2D eigenvalue weighted by Gasteiger charge is 2.27. The standard InChI is InChI=1S/C22H28ClN3/c1-17-3-2-4-22(24-17)25-13-11-19(12-14-25)16-26(15-18-5-6-18)21-9-7-20(23)8-10-21/h2-4,7-10,18-19H,5-6,11-16H2,1H3. The number of benzene rings is 1. The monoisotopic (exact) mass is 369 g/mol. The van der Waals surface area contributed by atoms with Crippen LogP contribution in [0, 0.1) is 18.8 Å². The zero-order valence-corrected chi connectivity index (χ0v) is 16.3. The Morgan fingerprint density at radius 2 is 1.62 bits per heavy atom. The van der Waals surface area contributed by atoms with Crippen LogP contribution in [0.25, 0.3) is 0 Å². The molecular weight excluding hydrogens is 342 g/mol. The lowest BCUT2D eigenvalue weighted by Gasteiger charge is -2.36. The molecule has 0 amide bonds. The summed E-state index contributed by atoms with van der Waals surface area (Å²) in [5.41, 5.74) is 2.42. The van der Waals surface area contributed by atoms with Crippen LogP contribution in [0.1, 0.15) is 31.4 Å². The van der Waals surface area contributed by atoms with Crippen molar-refractivity contribution in [2.75, 3.05) is 36.0 Å². The maximum absolute atomic E-state index is 6.08. The predicted octanol–water partition coefficient (Wildman–Crippen LogP) is 5.18. The third kappa shape index (κ3) is 4.50. The van der Waals surface area contributed by atoms with E-state index in [0.29, 0.717) is 0 Å². The molecule has 3 nitrogen and oxygen atoms in total. The number of hydrogen-bond donors (Lipinski definition) is 0. The minimum Gasteiger partial charge on any atom is -0.371 e. The molecule has 0 atom stereocenters. The van der Waals surface area contributed by atoms with Gasteiger partial charge in [0.1, 0.15) is 5.82 Å². The highest BCUT2D eigenvalue weighted by Crippen LogP contribution is 2.33. The lowest BCUT2D eigenvalue weighted by atomic mass is 9.95. The van der Waals surface area contributed by atoms with Crippen LogP contribution in [0.15, 0.2) is 42.5 Å². The van der Waals surface area contributed by atoms with Crippen molar-refractivity contribution >= 4 is 23.1 Å². The van der Waals surface area contributed by atoms with E-state index in [1.807, 2.05) is 12.1 Å². The molecule has 1 aliphatic heterocycles. The van der Waals surface area contributed by atoms with E-state index in [4.69, 9.17) is 11.6 Å². The number of nitrogens with zero attached hydrogens (tertiary/aromatic N) is 3. The van der Waals surface area contributed by atoms with Gasteiger partial charge in [-0.15, -0.1) is 0 Å². The van der Waals surface area contributed by atoms with Gasteiger partial charge in [0.25, 0.3) is 0 Å². The Labute approximate surface area is 162 Å². The van der Waals surface area contributed by atoms with Crippen LogP contribution in [0.4, 0.5) is 11.5 Å². The molecule has 2 aliphatic rings. The van der Waals surface area contributed by atoms with E-state index in [9.17, 15) is 0 Å². The summed E-state index contributed by atoms with van der Waals surface area (Å²) in [6, 6.07) is 14.7. The minimum absolute atomic E-state index is 0.755. The first-order valence-corrected chi connectivity index (χ1v) is 10.2. The van der Waals surface area contributed by atoms with E-state index < -0.39 is 0 Å². The van der Waals surface area contributed by atoms with Gasteiger partial charge in [0.15, 0.2) is 0 Å². The Morgan fingerprint density at radius 3 is 2.23 bits per heavy atom. The fourth-order valence-electron chi connectivity index (χ4n) is 3.91. The summed E-state index contributed by atoms with van der Waals surface area (Å²) in [7, 11) is 0. The molecule has 138 valence electrons. The molecule has 2 fully saturated rings. The fraction of sp³-hybridized carbons (Fsp3) is 0.500. The Kier molecular flexibility index (Phi) is 5.35. The molecule has 1 aliphatic carbocycles. The fourth-order valence-corrected chi connectivity index (χ4v) is 4.04. The summed E-state index contributed by atoms with van der Waals surface area (Å²) in [4.78, 5) is 9.73. The van der Waals surface area contributed by atoms with E-state index in [2.05, 4.69) is 52.0 Å². The van der Waals surface area contributed by atoms with Crippen LogP contribution in [-0.4, -0.2) is 31.2 Å². The number of piperidine rings is 1. The highest BCUT2D eigenvalue weighted by atomic mass is 35.5. The first-order valence-electron chi connectivity index (χ1n) is 9.86. The zero-order valence-electron chi connectivity index (χ0n) is 15.6. The molecular formula is C22H28ClN3. The third-order valence-corrected chi connectivity index (χ3v) is 5.91. The smallest absolute Gasteiger partial charge is 0.128 e. The van der Waals surface area contributed by atoms with Crippen LogP contribution < -0.4 is 9.80 Å². The van der Waals surface area contributed by atoms with Crippen LogP contribution in [0.5, 0.6) is 0 Å². The number of halogens is 1. The SMILES string of the molecule is Cc1cccc(N2CCC(CN(CC3CC3)c3ccc(Cl)cc3)CC2)n1. The largest absolute Gasteiger partial charge is 0.371 e. The average molecular weight is 370 g/mol. The first-order chi connectivity index (χ1) is 12.7. The summed E-state index contributed by atoms with van der Waals surface area (Å²) in [6.45, 7) is 6.64. The molecule has 1 saturated carbocycles. The van der Waals surface area contributed by atoms with Crippen molar-refractivity contribution in [3.8, 4) is 0 Å². The van der Waals surface area contributed by atoms with Gasteiger partial charge in [-0.3, -0.25) is 0 Å². The number of aryl methyl sites for hydroxylation is 1. The summed E-state index contributed by atoms with van der Waals surface area (Å²) in [5, 5.41) is 0.819. The Hall–Kier alpha value is -1.74.